The van der Waals surface area contributed by atoms with Gasteiger partial charge in [0, 0.05) is 17.8 Å². The monoisotopic (exact) mass is 290 g/mol. The zero-order chi connectivity index (χ0) is 14.3. The van der Waals surface area contributed by atoms with Gasteiger partial charge in [0.25, 0.3) is 0 Å². The predicted octanol–water partition coefficient (Wildman–Crippen LogP) is 3.39. The van der Waals surface area contributed by atoms with E-state index in [1.807, 2.05) is 9.95 Å². The molecule has 20 heavy (non-hydrogen) atoms. The molecule has 4 nitrogen and oxygen atoms in total. The van der Waals surface area contributed by atoms with Gasteiger partial charge in [-0.3, -0.25) is 0 Å². The fourth-order valence-electron chi connectivity index (χ4n) is 2.38. The Balaban J connectivity index is 2.11. The molecule has 3 rings (SSSR count). The highest BCUT2D eigenvalue weighted by molar-refractivity contribution is 7.13. The average molecular weight is 290 g/mol. The van der Waals surface area contributed by atoms with Crippen LogP contribution in [-0.2, 0) is 6.42 Å². The average Bonchev–Trinajstić information content (AvgIpc) is 2.92. The molecule has 2 aromatic heterocycles. The second kappa shape index (κ2) is 4.86. The van der Waals surface area contributed by atoms with Crippen molar-refractivity contribution in [2.24, 2.45) is 0 Å². The maximum absolute atomic E-state index is 13.5. The van der Waals surface area contributed by atoms with E-state index in [0.717, 1.165) is 22.6 Å². The number of halogens is 1. The Morgan fingerprint density at radius 3 is 2.80 bits per heavy atom. The van der Waals surface area contributed by atoms with Gasteiger partial charge in [0.05, 0.1) is 16.7 Å². The van der Waals surface area contributed by atoms with Crippen molar-refractivity contribution in [3.8, 4) is 0 Å². The molecule has 2 N–H and O–H groups in total. The summed E-state index contributed by atoms with van der Waals surface area (Å²) in [6.45, 7) is 4.12. The summed E-state index contributed by atoms with van der Waals surface area (Å²) in [7, 11) is 0. The lowest BCUT2D eigenvalue weighted by Gasteiger charge is -2.12. The molecule has 0 aliphatic heterocycles. The molecular weight excluding hydrogens is 275 g/mol. The molecule has 0 spiro atoms. The van der Waals surface area contributed by atoms with Crippen LogP contribution in [0, 0.1) is 5.82 Å². The van der Waals surface area contributed by atoms with Crippen molar-refractivity contribution < 1.29 is 4.39 Å². The largest absolute Gasteiger partial charge is 0.375 e. The van der Waals surface area contributed by atoms with Crippen molar-refractivity contribution in [3.05, 3.63) is 40.9 Å². The van der Waals surface area contributed by atoms with E-state index >= 15 is 0 Å². The van der Waals surface area contributed by atoms with E-state index < -0.39 is 0 Å². The Morgan fingerprint density at radius 1 is 1.35 bits per heavy atom. The minimum Gasteiger partial charge on any atom is -0.375 e. The summed E-state index contributed by atoms with van der Waals surface area (Å²) in [4.78, 5) is 8.86. The minimum atomic E-state index is -0.247. The number of nitrogen functional groups attached to an aromatic ring is 1. The van der Waals surface area contributed by atoms with Gasteiger partial charge in [-0.05, 0) is 32.0 Å². The van der Waals surface area contributed by atoms with Gasteiger partial charge in [-0.15, -0.1) is 11.3 Å². The lowest BCUT2D eigenvalue weighted by atomic mass is 10.2. The number of hydrogen-bond donors (Lipinski definition) is 1. The molecular formula is C14H15FN4S. The van der Waals surface area contributed by atoms with Crippen molar-refractivity contribution in [2.75, 3.05) is 5.73 Å². The van der Waals surface area contributed by atoms with E-state index in [0.29, 0.717) is 11.6 Å². The van der Waals surface area contributed by atoms with Gasteiger partial charge in [-0.25, -0.2) is 14.4 Å². The predicted molar refractivity (Wildman–Crippen MR) is 79.4 cm³/mol. The van der Waals surface area contributed by atoms with E-state index in [4.69, 9.17) is 5.73 Å². The van der Waals surface area contributed by atoms with Crippen LogP contribution in [0.3, 0.4) is 0 Å². The lowest BCUT2D eigenvalue weighted by Crippen LogP contribution is -2.07. The third-order valence-corrected chi connectivity index (χ3v) is 3.87. The number of nitrogens with zero attached hydrogens (tertiary/aromatic N) is 3. The van der Waals surface area contributed by atoms with Gasteiger partial charge in [-0.2, -0.15) is 0 Å². The van der Waals surface area contributed by atoms with Crippen LogP contribution in [0.15, 0.2) is 23.6 Å². The van der Waals surface area contributed by atoms with Gasteiger partial charge in [-0.1, -0.05) is 0 Å². The Bertz CT molecular complexity index is 760. The van der Waals surface area contributed by atoms with Crippen molar-refractivity contribution in [1.29, 1.82) is 0 Å². The summed E-state index contributed by atoms with van der Waals surface area (Å²) in [6, 6.07) is 4.88. The van der Waals surface area contributed by atoms with Crippen LogP contribution < -0.4 is 5.73 Å². The van der Waals surface area contributed by atoms with E-state index in [9.17, 15) is 4.39 Å². The number of anilines is 1. The molecule has 0 amide bonds. The zero-order valence-corrected chi connectivity index (χ0v) is 12.1. The van der Waals surface area contributed by atoms with Crippen LogP contribution in [0.2, 0.25) is 0 Å². The van der Waals surface area contributed by atoms with Gasteiger partial charge >= 0.3 is 0 Å². The number of rotatable bonds is 3. The molecule has 0 radical (unpaired) electrons. The van der Waals surface area contributed by atoms with E-state index in [-0.39, 0.29) is 11.9 Å². The fraction of sp³-hybridized carbons (Fsp3) is 0.286. The number of nitrogens with two attached hydrogens (primary N) is 1. The number of aromatic nitrogens is 3. The van der Waals surface area contributed by atoms with Crippen molar-refractivity contribution in [1.82, 2.24) is 14.5 Å². The summed E-state index contributed by atoms with van der Waals surface area (Å²) in [5.41, 5.74) is 8.17. The number of hydrogen-bond acceptors (Lipinski definition) is 4. The van der Waals surface area contributed by atoms with Crippen LogP contribution >= 0.6 is 11.3 Å². The van der Waals surface area contributed by atoms with Crippen LogP contribution in [0.4, 0.5) is 9.52 Å². The molecule has 0 bridgehead atoms. The van der Waals surface area contributed by atoms with Crippen LogP contribution in [-0.4, -0.2) is 14.5 Å². The molecule has 2 heterocycles. The van der Waals surface area contributed by atoms with Crippen LogP contribution in [0.1, 0.15) is 31.4 Å². The molecule has 0 atom stereocenters. The molecule has 0 unspecified atom stereocenters. The number of imidazole rings is 1. The van der Waals surface area contributed by atoms with Gasteiger partial charge in [0.2, 0.25) is 0 Å². The Morgan fingerprint density at radius 2 is 2.15 bits per heavy atom. The van der Waals surface area contributed by atoms with Crippen LogP contribution in [0.5, 0.6) is 0 Å². The Hall–Kier alpha value is -1.95. The first kappa shape index (κ1) is 13.1. The fourth-order valence-corrected chi connectivity index (χ4v) is 2.95. The molecule has 104 valence electrons. The topological polar surface area (TPSA) is 56.7 Å². The van der Waals surface area contributed by atoms with Gasteiger partial charge in [0.15, 0.2) is 5.13 Å². The molecule has 0 fully saturated rings. The molecule has 3 aromatic rings. The highest BCUT2D eigenvalue weighted by Crippen LogP contribution is 2.24. The Kier molecular flexibility index (Phi) is 3.17. The normalized spacial score (nSPS) is 11.6. The highest BCUT2D eigenvalue weighted by atomic mass is 32.1. The molecule has 0 saturated carbocycles. The first-order valence-electron chi connectivity index (χ1n) is 6.41. The van der Waals surface area contributed by atoms with Crippen molar-refractivity contribution >= 4 is 27.5 Å². The maximum Gasteiger partial charge on any atom is 0.180 e. The van der Waals surface area contributed by atoms with Gasteiger partial charge < -0.3 is 10.3 Å². The van der Waals surface area contributed by atoms with Crippen LogP contribution in [0.25, 0.3) is 11.0 Å². The quantitative estimate of drug-likeness (QED) is 0.804. The number of fused-ring (bicyclic) bond motifs is 1. The molecule has 0 saturated heterocycles. The summed E-state index contributed by atoms with van der Waals surface area (Å²) < 4.78 is 15.5. The van der Waals surface area contributed by atoms with E-state index in [1.165, 1.54) is 23.5 Å². The first-order valence-corrected chi connectivity index (χ1v) is 7.29. The summed E-state index contributed by atoms with van der Waals surface area (Å²) >= 11 is 1.42. The first-order chi connectivity index (χ1) is 9.54. The van der Waals surface area contributed by atoms with Gasteiger partial charge in [0.1, 0.15) is 11.6 Å². The third kappa shape index (κ3) is 2.27. The summed E-state index contributed by atoms with van der Waals surface area (Å²) in [5.74, 6) is 0.634. The van der Waals surface area contributed by atoms with Crippen molar-refractivity contribution in [2.45, 2.75) is 26.3 Å². The van der Waals surface area contributed by atoms with E-state index in [2.05, 4.69) is 23.8 Å². The zero-order valence-electron chi connectivity index (χ0n) is 11.3. The lowest BCUT2D eigenvalue weighted by molar-refractivity contribution is 0.586. The highest BCUT2D eigenvalue weighted by Gasteiger charge is 2.15. The standard InChI is InChI=1S/C14H15FN4S/c1-8(2)19-12-5-9(15)3-4-11(12)18-13(19)6-10-7-20-14(16)17-10/h3-5,7-8H,6H2,1-2H3,(H2,16,17). The number of thiazole rings is 1. The smallest absolute Gasteiger partial charge is 0.180 e. The second-order valence-electron chi connectivity index (χ2n) is 4.98. The molecule has 0 aliphatic carbocycles. The van der Waals surface area contributed by atoms with E-state index in [1.54, 1.807) is 6.07 Å². The number of benzene rings is 1. The SMILES string of the molecule is CC(C)n1c(Cc2csc(N)n2)nc2ccc(F)cc21. The minimum absolute atomic E-state index is 0.202. The van der Waals surface area contributed by atoms with Crippen molar-refractivity contribution in [3.63, 3.8) is 0 Å². The third-order valence-electron chi connectivity index (χ3n) is 3.15. The molecule has 6 heteroatoms. The maximum atomic E-state index is 13.5. The Labute approximate surface area is 120 Å². The molecule has 1 aromatic carbocycles. The summed E-state index contributed by atoms with van der Waals surface area (Å²) in [6.07, 6.45) is 0.599. The second-order valence-corrected chi connectivity index (χ2v) is 5.87. The molecule has 0 aliphatic rings. The summed E-state index contributed by atoms with van der Waals surface area (Å²) in [5, 5.41) is 2.48.